The quantitative estimate of drug-likeness (QED) is 0.208. The standard InChI is InChI=1S/C34H32N8O2/c1-20(43)36-23-6-4-5-22(15-23)24-16-25-28(17-30(24)42-14-11-35-19-42)40-34(44)31(33-38-26-7-2-3-8-27(26)39-33)32(25)37-29-18-41-12-9-21(29)10-13-41/h2-8,11,14-17,19,21,29H,9-10,12-13,18H2,1H3,(H,36,43)(H,38,39)(H2,37,40,44)/t29-/m0/s1. The summed E-state index contributed by atoms with van der Waals surface area (Å²) < 4.78 is 1.94. The van der Waals surface area contributed by atoms with Crippen molar-refractivity contribution in [3.05, 3.63) is 89.7 Å². The van der Waals surface area contributed by atoms with Crippen molar-refractivity contribution in [1.82, 2.24) is 29.4 Å². The molecule has 220 valence electrons. The Morgan fingerprint density at radius 1 is 1.00 bits per heavy atom. The molecule has 10 heteroatoms. The van der Waals surface area contributed by atoms with Gasteiger partial charge in [-0.15, -0.1) is 0 Å². The minimum Gasteiger partial charge on any atom is -0.379 e. The van der Waals surface area contributed by atoms with Crippen LogP contribution in [0.3, 0.4) is 0 Å². The summed E-state index contributed by atoms with van der Waals surface area (Å²) in [6.45, 7) is 4.69. The Kier molecular flexibility index (Phi) is 6.30. The number of anilines is 2. The summed E-state index contributed by atoms with van der Waals surface area (Å²) >= 11 is 0. The number of aromatic amines is 2. The van der Waals surface area contributed by atoms with E-state index in [4.69, 9.17) is 4.98 Å². The Bertz CT molecular complexity index is 2050. The van der Waals surface area contributed by atoms with Gasteiger partial charge in [-0.3, -0.25) is 9.59 Å². The van der Waals surface area contributed by atoms with Crippen LogP contribution in [-0.2, 0) is 4.79 Å². The highest BCUT2D eigenvalue weighted by Crippen LogP contribution is 2.39. The number of amides is 1. The highest BCUT2D eigenvalue weighted by molar-refractivity contribution is 6.03. The largest absolute Gasteiger partial charge is 0.379 e. The van der Waals surface area contributed by atoms with Gasteiger partial charge in [-0.25, -0.2) is 9.97 Å². The van der Waals surface area contributed by atoms with Crippen LogP contribution in [0.1, 0.15) is 19.8 Å². The summed E-state index contributed by atoms with van der Waals surface area (Å²) in [6, 6.07) is 20.0. The van der Waals surface area contributed by atoms with Crippen molar-refractivity contribution >= 4 is 39.2 Å². The molecule has 3 aromatic heterocycles. The van der Waals surface area contributed by atoms with Crippen molar-refractivity contribution in [3.8, 4) is 28.2 Å². The summed E-state index contributed by atoms with van der Waals surface area (Å²) in [7, 11) is 0. The van der Waals surface area contributed by atoms with E-state index in [-0.39, 0.29) is 17.5 Å². The predicted octanol–water partition coefficient (Wildman–Crippen LogP) is 5.39. The van der Waals surface area contributed by atoms with Gasteiger partial charge in [0.1, 0.15) is 11.4 Å². The minimum absolute atomic E-state index is 0.132. The molecule has 4 N–H and O–H groups in total. The fourth-order valence-corrected chi connectivity index (χ4v) is 6.91. The second-order valence-electron chi connectivity index (χ2n) is 11.8. The number of aromatic nitrogens is 5. The lowest BCUT2D eigenvalue weighted by molar-refractivity contribution is -0.114. The number of hydrogen-bond acceptors (Lipinski definition) is 6. The van der Waals surface area contributed by atoms with Crippen LogP contribution in [0, 0.1) is 5.92 Å². The van der Waals surface area contributed by atoms with Gasteiger partial charge in [0.05, 0.1) is 34.3 Å². The molecule has 3 saturated heterocycles. The zero-order valence-corrected chi connectivity index (χ0v) is 24.3. The van der Waals surface area contributed by atoms with Crippen LogP contribution in [0.4, 0.5) is 11.4 Å². The molecule has 0 unspecified atom stereocenters. The van der Waals surface area contributed by atoms with Gasteiger partial charge in [0.25, 0.3) is 5.56 Å². The normalized spacial score (nSPS) is 19.4. The molecule has 10 nitrogen and oxygen atoms in total. The SMILES string of the molecule is CC(=O)Nc1cccc(-c2cc3c(N[C@H]4CN5CCC4CC5)c(-c4nc5ccccc5[nH]4)c(=O)[nH]c3cc2-n2ccnc2)c1. The number of benzene rings is 3. The molecule has 6 aromatic rings. The molecule has 6 heterocycles. The van der Waals surface area contributed by atoms with Gasteiger partial charge in [0.15, 0.2) is 0 Å². The second kappa shape index (κ2) is 10.5. The molecule has 1 amide bonds. The Hall–Kier alpha value is -5.22. The number of fused-ring (bicyclic) bond motifs is 5. The summed E-state index contributed by atoms with van der Waals surface area (Å²) in [5.74, 6) is 0.940. The highest BCUT2D eigenvalue weighted by Gasteiger charge is 2.35. The number of H-pyrrole nitrogens is 2. The topological polar surface area (TPSA) is 124 Å². The van der Waals surface area contributed by atoms with Crippen molar-refractivity contribution in [2.75, 3.05) is 30.3 Å². The Morgan fingerprint density at radius 2 is 1.86 bits per heavy atom. The van der Waals surface area contributed by atoms with Crippen molar-refractivity contribution in [2.24, 2.45) is 5.92 Å². The van der Waals surface area contributed by atoms with Gasteiger partial charge in [0, 0.05) is 48.5 Å². The van der Waals surface area contributed by atoms with E-state index in [0.717, 1.165) is 71.4 Å². The molecule has 1 atom stereocenters. The summed E-state index contributed by atoms with van der Waals surface area (Å²) in [5, 5.41) is 7.67. The maximum atomic E-state index is 14.0. The number of rotatable bonds is 6. The number of para-hydroxylation sites is 2. The van der Waals surface area contributed by atoms with E-state index < -0.39 is 0 Å². The first kappa shape index (κ1) is 26.4. The zero-order valence-electron chi connectivity index (χ0n) is 24.3. The minimum atomic E-state index is -0.211. The lowest BCUT2D eigenvalue weighted by Crippen LogP contribution is -2.53. The molecule has 2 bridgehead atoms. The first-order chi connectivity index (χ1) is 21.5. The molecule has 0 saturated carbocycles. The summed E-state index contributed by atoms with van der Waals surface area (Å²) in [4.78, 5) is 44.1. The molecule has 0 aliphatic carbocycles. The number of hydrogen-bond donors (Lipinski definition) is 4. The molecular formula is C34H32N8O2. The van der Waals surface area contributed by atoms with Crippen molar-refractivity contribution in [1.29, 1.82) is 0 Å². The van der Waals surface area contributed by atoms with Crippen molar-refractivity contribution in [3.63, 3.8) is 0 Å². The molecule has 0 radical (unpaired) electrons. The van der Waals surface area contributed by atoms with Gasteiger partial charge in [-0.1, -0.05) is 24.3 Å². The van der Waals surface area contributed by atoms with Crippen LogP contribution in [0.25, 0.3) is 50.1 Å². The van der Waals surface area contributed by atoms with Gasteiger partial charge in [0.2, 0.25) is 5.91 Å². The van der Waals surface area contributed by atoms with E-state index in [1.165, 1.54) is 6.92 Å². The third-order valence-corrected chi connectivity index (χ3v) is 9.02. The lowest BCUT2D eigenvalue weighted by Gasteiger charge is -2.45. The maximum absolute atomic E-state index is 14.0. The van der Waals surface area contributed by atoms with Crippen LogP contribution < -0.4 is 16.2 Å². The molecule has 3 aliphatic rings. The number of imidazole rings is 2. The third-order valence-electron chi connectivity index (χ3n) is 9.02. The van der Waals surface area contributed by atoms with E-state index in [1.54, 1.807) is 12.5 Å². The third kappa shape index (κ3) is 4.64. The Morgan fingerprint density at radius 3 is 2.61 bits per heavy atom. The molecule has 44 heavy (non-hydrogen) atoms. The Balaban J connectivity index is 1.38. The number of pyridine rings is 1. The molecule has 9 rings (SSSR count). The number of nitrogens with zero attached hydrogens (tertiary/aromatic N) is 4. The average Bonchev–Trinajstić information content (AvgIpc) is 3.72. The molecular weight excluding hydrogens is 552 g/mol. The predicted molar refractivity (Wildman–Crippen MR) is 173 cm³/mol. The number of piperidine rings is 3. The van der Waals surface area contributed by atoms with Gasteiger partial charge >= 0.3 is 0 Å². The molecule has 3 aliphatic heterocycles. The average molecular weight is 585 g/mol. The monoisotopic (exact) mass is 584 g/mol. The maximum Gasteiger partial charge on any atom is 0.261 e. The fourth-order valence-electron chi connectivity index (χ4n) is 6.91. The fraction of sp³-hybridized carbons (Fsp3) is 0.235. The summed E-state index contributed by atoms with van der Waals surface area (Å²) in [5.41, 5.74) is 6.88. The van der Waals surface area contributed by atoms with Crippen LogP contribution >= 0.6 is 0 Å². The first-order valence-electron chi connectivity index (χ1n) is 15.0. The van der Waals surface area contributed by atoms with Gasteiger partial charge in [-0.2, -0.15) is 0 Å². The van der Waals surface area contributed by atoms with E-state index >= 15 is 0 Å². The second-order valence-corrected chi connectivity index (χ2v) is 11.8. The van der Waals surface area contributed by atoms with Crippen LogP contribution in [-0.4, -0.2) is 61.0 Å². The van der Waals surface area contributed by atoms with Gasteiger partial charge < -0.3 is 30.1 Å². The Labute approximate surface area is 253 Å². The highest BCUT2D eigenvalue weighted by atomic mass is 16.1. The zero-order chi connectivity index (χ0) is 29.8. The number of carbonyl (C=O) groups is 1. The number of nitrogens with one attached hydrogen (secondary N) is 4. The van der Waals surface area contributed by atoms with E-state index in [0.29, 0.717) is 28.5 Å². The van der Waals surface area contributed by atoms with Crippen LogP contribution in [0.2, 0.25) is 0 Å². The summed E-state index contributed by atoms with van der Waals surface area (Å²) in [6.07, 6.45) is 7.65. The smallest absolute Gasteiger partial charge is 0.261 e. The van der Waals surface area contributed by atoms with Crippen LogP contribution in [0.15, 0.2) is 84.2 Å². The lowest BCUT2D eigenvalue weighted by atomic mass is 9.83. The van der Waals surface area contributed by atoms with Crippen LogP contribution in [0.5, 0.6) is 0 Å². The molecule has 0 spiro atoms. The van der Waals surface area contributed by atoms with E-state index in [1.807, 2.05) is 65.4 Å². The molecule has 3 aromatic carbocycles. The van der Waals surface area contributed by atoms with Crippen molar-refractivity contribution in [2.45, 2.75) is 25.8 Å². The van der Waals surface area contributed by atoms with Gasteiger partial charge in [-0.05, 0) is 73.8 Å². The number of carbonyl (C=O) groups excluding carboxylic acids is 1. The van der Waals surface area contributed by atoms with E-state index in [9.17, 15) is 9.59 Å². The molecule has 3 fully saturated rings. The van der Waals surface area contributed by atoms with E-state index in [2.05, 4.69) is 36.6 Å². The first-order valence-corrected chi connectivity index (χ1v) is 15.0. The van der Waals surface area contributed by atoms with Crippen molar-refractivity contribution < 1.29 is 4.79 Å².